The summed E-state index contributed by atoms with van der Waals surface area (Å²) in [4.78, 5) is 13.0. The molecule has 0 aliphatic heterocycles. The zero-order chi connectivity index (χ0) is 10.8. The zero-order valence-corrected chi connectivity index (χ0v) is 9.15. The van der Waals surface area contributed by atoms with E-state index in [1.165, 1.54) is 0 Å². The molecule has 0 fully saturated rings. The molecule has 0 N–H and O–H groups in total. The molecule has 76 valence electrons. The number of pyridine rings is 1. The molecule has 0 aliphatic carbocycles. The summed E-state index contributed by atoms with van der Waals surface area (Å²) >= 11 is 0. The quantitative estimate of drug-likeness (QED) is 0.708. The molecule has 3 heteroatoms. The molecule has 0 aromatic carbocycles. The molecule has 3 nitrogen and oxygen atoms in total. The Bertz CT molecular complexity index is 454. The van der Waals surface area contributed by atoms with E-state index >= 15 is 0 Å². The van der Waals surface area contributed by atoms with E-state index in [9.17, 15) is 0 Å². The Hall–Kier alpha value is -1.77. The Balaban J connectivity index is 2.56. The highest BCUT2D eigenvalue weighted by Crippen LogP contribution is 2.16. The Labute approximate surface area is 89.2 Å². The largest absolute Gasteiger partial charge is 0.264 e. The highest BCUT2D eigenvalue weighted by atomic mass is 14.9. The van der Waals surface area contributed by atoms with Crippen LogP contribution in [0.3, 0.4) is 0 Å². The second kappa shape index (κ2) is 3.77. The molecule has 2 aromatic rings. The van der Waals surface area contributed by atoms with Crippen LogP contribution < -0.4 is 0 Å². The SMILES string of the molecule is Cc1nc(-c2cccnc2)nc(C)c1C. The third kappa shape index (κ3) is 1.86. The lowest BCUT2D eigenvalue weighted by atomic mass is 10.2. The summed E-state index contributed by atoms with van der Waals surface area (Å²) in [6.07, 6.45) is 3.53. The summed E-state index contributed by atoms with van der Waals surface area (Å²) in [5.41, 5.74) is 4.18. The first-order valence-corrected chi connectivity index (χ1v) is 4.90. The van der Waals surface area contributed by atoms with Crippen molar-refractivity contribution in [2.24, 2.45) is 0 Å². The summed E-state index contributed by atoms with van der Waals surface area (Å²) in [5, 5.41) is 0. The minimum atomic E-state index is 0.753. The van der Waals surface area contributed by atoms with E-state index < -0.39 is 0 Å². The molecule has 2 rings (SSSR count). The number of nitrogens with zero attached hydrogens (tertiary/aromatic N) is 3. The lowest BCUT2D eigenvalue weighted by Gasteiger charge is -2.06. The van der Waals surface area contributed by atoms with Crippen molar-refractivity contribution in [2.75, 3.05) is 0 Å². The van der Waals surface area contributed by atoms with Crippen molar-refractivity contribution in [2.45, 2.75) is 20.8 Å². The van der Waals surface area contributed by atoms with Crippen LogP contribution >= 0.6 is 0 Å². The lowest BCUT2D eigenvalue weighted by molar-refractivity contribution is 1.02. The first-order valence-electron chi connectivity index (χ1n) is 4.90. The fourth-order valence-corrected chi connectivity index (χ4v) is 1.40. The van der Waals surface area contributed by atoms with Gasteiger partial charge in [0.15, 0.2) is 5.82 Å². The monoisotopic (exact) mass is 199 g/mol. The van der Waals surface area contributed by atoms with Crippen molar-refractivity contribution in [1.82, 2.24) is 15.0 Å². The lowest BCUT2D eigenvalue weighted by Crippen LogP contribution is -1.99. The fourth-order valence-electron chi connectivity index (χ4n) is 1.40. The third-order valence-electron chi connectivity index (χ3n) is 2.55. The van der Waals surface area contributed by atoms with Crippen LogP contribution in [0.15, 0.2) is 24.5 Å². The molecule has 0 spiro atoms. The summed E-state index contributed by atoms with van der Waals surface area (Å²) < 4.78 is 0. The van der Waals surface area contributed by atoms with Crippen molar-refractivity contribution < 1.29 is 0 Å². The van der Waals surface area contributed by atoms with Crippen LogP contribution in [0.2, 0.25) is 0 Å². The molecule has 0 amide bonds. The molecule has 0 saturated heterocycles. The Morgan fingerprint density at radius 1 is 1.00 bits per heavy atom. The first kappa shape index (κ1) is 9.77. The van der Waals surface area contributed by atoms with Crippen LogP contribution in [0, 0.1) is 20.8 Å². The van der Waals surface area contributed by atoms with Crippen LogP contribution in [0.25, 0.3) is 11.4 Å². The minimum absolute atomic E-state index is 0.753. The Morgan fingerprint density at radius 2 is 1.67 bits per heavy atom. The average molecular weight is 199 g/mol. The number of aromatic nitrogens is 3. The summed E-state index contributed by atoms with van der Waals surface area (Å²) in [5.74, 6) is 0.753. The minimum Gasteiger partial charge on any atom is -0.264 e. The highest BCUT2D eigenvalue weighted by molar-refractivity contribution is 5.53. The molecule has 2 aromatic heterocycles. The van der Waals surface area contributed by atoms with E-state index in [1.54, 1.807) is 12.4 Å². The summed E-state index contributed by atoms with van der Waals surface area (Å²) in [6, 6.07) is 3.86. The molecular formula is C12H13N3. The van der Waals surface area contributed by atoms with Gasteiger partial charge in [0.1, 0.15) is 0 Å². The van der Waals surface area contributed by atoms with Gasteiger partial charge in [0.2, 0.25) is 0 Å². The number of hydrogen-bond acceptors (Lipinski definition) is 3. The van der Waals surface area contributed by atoms with Gasteiger partial charge in [-0.25, -0.2) is 9.97 Å². The van der Waals surface area contributed by atoms with E-state index in [-0.39, 0.29) is 0 Å². The molecule has 0 atom stereocenters. The van der Waals surface area contributed by atoms with Crippen molar-refractivity contribution >= 4 is 0 Å². The second-order valence-electron chi connectivity index (χ2n) is 3.58. The number of rotatable bonds is 1. The Morgan fingerprint density at radius 3 is 2.20 bits per heavy atom. The molecular weight excluding hydrogens is 186 g/mol. The van der Waals surface area contributed by atoms with Crippen molar-refractivity contribution in [3.05, 3.63) is 41.5 Å². The molecule has 0 saturated carbocycles. The van der Waals surface area contributed by atoms with Crippen molar-refractivity contribution in [3.63, 3.8) is 0 Å². The van der Waals surface area contributed by atoms with Gasteiger partial charge in [-0.05, 0) is 38.5 Å². The molecule has 0 aliphatic rings. The normalized spacial score (nSPS) is 10.3. The van der Waals surface area contributed by atoms with Crippen LogP contribution in [-0.4, -0.2) is 15.0 Å². The van der Waals surface area contributed by atoms with Gasteiger partial charge < -0.3 is 0 Å². The van der Waals surface area contributed by atoms with Gasteiger partial charge in [-0.15, -0.1) is 0 Å². The highest BCUT2D eigenvalue weighted by Gasteiger charge is 2.05. The van der Waals surface area contributed by atoms with Crippen LogP contribution in [0.4, 0.5) is 0 Å². The van der Waals surface area contributed by atoms with Gasteiger partial charge >= 0.3 is 0 Å². The van der Waals surface area contributed by atoms with Crippen LogP contribution in [0.1, 0.15) is 17.0 Å². The fraction of sp³-hybridized carbons (Fsp3) is 0.250. The first-order chi connectivity index (χ1) is 7.18. The smallest absolute Gasteiger partial charge is 0.161 e. The average Bonchev–Trinajstić information content (AvgIpc) is 2.26. The van der Waals surface area contributed by atoms with Gasteiger partial charge in [-0.2, -0.15) is 0 Å². The molecule has 0 unspecified atom stereocenters. The summed E-state index contributed by atoms with van der Waals surface area (Å²) in [7, 11) is 0. The van der Waals surface area contributed by atoms with E-state index in [4.69, 9.17) is 0 Å². The third-order valence-corrected chi connectivity index (χ3v) is 2.55. The van der Waals surface area contributed by atoms with Crippen LogP contribution in [-0.2, 0) is 0 Å². The standard InChI is InChI=1S/C12H13N3/c1-8-9(2)14-12(15-10(8)3)11-5-4-6-13-7-11/h4-7H,1-3H3. The zero-order valence-electron chi connectivity index (χ0n) is 9.15. The van der Waals surface area contributed by atoms with Gasteiger partial charge in [0, 0.05) is 29.3 Å². The van der Waals surface area contributed by atoms with Gasteiger partial charge in [0.05, 0.1) is 0 Å². The maximum atomic E-state index is 4.45. The van der Waals surface area contributed by atoms with E-state index in [0.717, 1.165) is 28.3 Å². The van der Waals surface area contributed by atoms with E-state index in [2.05, 4.69) is 15.0 Å². The molecule has 15 heavy (non-hydrogen) atoms. The van der Waals surface area contributed by atoms with Gasteiger partial charge in [-0.1, -0.05) is 0 Å². The predicted molar refractivity (Wildman–Crippen MR) is 59.5 cm³/mol. The topological polar surface area (TPSA) is 38.7 Å². The maximum absolute atomic E-state index is 4.45. The number of aryl methyl sites for hydroxylation is 2. The van der Waals surface area contributed by atoms with Gasteiger partial charge in [0.25, 0.3) is 0 Å². The molecule has 0 radical (unpaired) electrons. The number of hydrogen-bond donors (Lipinski definition) is 0. The predicted octanol–water partition coefficient (Wildman–Crippen LogP) is 2.46. The molecule has 0 bridgehead atoms. The summed E-state index contributed by atoms with van der Waals surface area (Å²) in [6.45, 7) is 6.05. The Kier molecular flexibility index (Phi) is 2.46. The maximum Gasteiger partial charge on any atom is 0.161 e. The van der Waals surface area contributed by atoms with Crippen molar-refractivity contribution in [1.29, 1.82) is 0 Å². The van der Waals surface area contributed by atoms with Crippen molar-refractivity contribution in [3.8, 4) is 11.4 Å². The second-order valence-corrected chi connectivity index (χ2v) is 3.58. The van der Waals surface area contributed by atoms with Gasteiger partial charge in [-0.3, -0.25) is 4.98 Å². The van der Waals surface area contributed by atoms with E-state index in [1.807, 2.05) is 32.9 Å². The van der Waals surface area contributed by atoms with Crippen LogP contribution in [0.5, 0.6) is 0 Å². The van der Waals surface area contributed by atoms with E-state index in [0.29, 0.717) is 0 Å². The molecule has 2 heterocycles.